The van der Waals surface area contributed by atoms with Crippen LogP contribution in [0.2, 0.25) is 0 Å². The molecule has 2 aromatic carbocycles. The lowest BCUT2D eigenvalue weighted by atomic mass is 10.2. The Kier molecular flexibility index (Phi) is 5.69. The molecule has 0 atom stereocenters. The van der Waals surface area contributed by atoms with Gasteiger partial charge in [0.25, 0.3) is 0 Å². The topological polar surface area (TPSA) is 84.4 Å². The summed E-state index contributed by atoms with van der Waals surface area (Å²) in [7, 11) is 1.51. The van der Waals surface area contributed by atoms with Gasteiger partial charge in [-0.1, -0.05) is 24.1 Å². The first-order valence-corrected chi connectivity index (χ1v) is 8.74. The molecule has 0 aliphatic heterocycles. The molecular formula is C20H16N2O4S. The van der Waals surface area contributed by atoms with Gasteiger partial charge in [0.15, 0.2) is 16.7 Å². The van der Waals surface area contributed by atoms with Crippen molar-refractivity contribution in [3.8, 4) is 23.8 Å². The number of H-pyrrole nitrogens is 1. The van der Waals surface area contributed by atoms with E-state index in [0.717, 1.165) is 22.8 Å². The highest BCUT2D eigenvalue weighted by molar-refractivity contribution is 8.04. The van der Waals surface area contributed by atoms with Crippen LogP contribution < -0.4 is 9.47 Å². The summed E-state index contributed by atoms with van der Waals surface area (Å²) in [6.45, 7) is 0.119. The highest BCUT2D eigenvalue weighted by Crippen LogP contribution is 2.32. The van der Waals surface area contributed by atoms with E-state index in [2.05, 4.69) is 15.9 Å². The zero-order valence-corrected chi connectivity index (χ0v) is 15.2. The average molecular weight is 380 g/mol. The first-order chi connectivity index (χ1) is 13.1. The zero-order valence-electron chi connectivity index (χ0n) is 14.4. The molecule has 0 aliphatic carbocycles. The maximum Gasteiger partial charge on any atom is 0.342 e. The van der Waals surface area contributed by atoms with Gasteiger partial charge in [0.05, 0.1) is 18.1 Å². The number of aromatic nitrogens is 2. The second kappa shape index (κ2) is 8.34. The number of benzene rings is 2. The maximum atomic E-state index is 11.7. The van der Waals surface area contributed by atoms with E-state index in [1.54, 1.807) is 24.3 Å². The monoisotopic (exact) mass is 380 g/mol. The smallest absolute Gasteiger partial charge is 0.342 e. The highest BCUT2D eigenvalue weighted by Gasteiger charge is 2.14. The van der Waals surface area contributed by atoms with Crippen LogP contribution in [0.5, 0.6) is 11.5 Å². The summed E-state index contributed by atoms with van der Waals surface area (Å²) >= 11 is 1.05. The van der Waals surface area contributed by atoms with Gasteiger partial charge in [-0.3, -0.25) is 0 Å². The summed E-state index contributed by atoms with van der Waals surface area (Å²) in [5, 5.41) is 10.1. The van der Waals surface area contributed by atoms with Gasteiger partial charge in [-0.25, -0.2) is 9.78 Å². The van der Waals surface area contributed by atoms with Crippen LogP contribution in [0.25, 0.3) is 17.1 Å². The first kappa shape index (κ1) is 18.4. The zero-order chi connectivity index (χ0) is 19.2. The van der Waals surface area contributed by atoms with Gasteiger partial charge in [0.2, 0.25) is 0 Å². The van der Waals surface area contributed by atoms with Gasteiger partial charge in [-0.2, -0.15) is 0 Å². The molecular weight excluding hydrogens is 364 g/mol. The number of nitrogens with zero attached hydrogens (tertiary/aromatic N) is 1. The summed E-state index contributed by atoms with van der Waals surface area (Å²) in [5.41, 5.74) is 2.28. The van der Waals surface area contributed by atoms with Crippen molar-refractivity contribution in [2.45, 2.75) is 5.16 Å². The fourth-order valence-electron chi connectivity index (χ4n) is 2.38. The van der Waals surface area contributed by atoms with Gasteiger partial charge >= 0.3 is 5.97 Å². The van der Waals surface area contributed by atoms with Crippen LogP contribution >= 0.6 is 11.8 Å². The van der Waals surface area contributed by atoms with E-state index < -0.39 is 5.97 Å². The van der Waals surface area contributed by atoms with Crippen LogP contribution in [-0.2, 0) is 4.79 Å². The molecule has 0 unspecified atom stereocenters. The van der Waals surface area contributed by atoms with Gasteiger partial charge in [0.1, 0.15) is 11.5 Å². The summed E-state index contributed by atoms with van der Waals surface area (Å²) in [5.74, 6) is 2.30. The number of fused-ring (bicyclic) bond motifs is 1. The lowest BCUT2D eigenvalue weighted by Crippen LogP contribution is -1.98. The lowest BCUT2D eigenvalue weighted by molar-refractivity contribution is -0.131. The van der Waals surface area contributed by atoms with Gasteiger partial charge in [-0.05, 0) is 47.7 Å². The van der Waals surface area contributed by atoms with Crippen molar-refractivity contribution in [2.24, 2.45) is 0 Å². The van der Waals surface area contributed by atoms with Crippen molar-refractivity contribution < 1.29 is 19.4 Å². The van der Waals surface area contributed by atoms with E-state index in [4.69, 9.17) is 15.9 Å². The molecule has 0 aliphatic rings. The summed E-state index contributed by atoms with van der Waals surface area (Å²) in [4.78, 5) is 19.3. The van der Waals surface area contributed by atoms with Gasteiger partial charge in [-0.15, -0.1) is 6.42 Å². The summed E-state index contributed by atoms with van der Waals surface area (Å²) in [6.07, 6.45) is 6.75. The molecule has 1 heterocycles. The van der Waals surface area contributed by atoms with E-state index in [0.29, 0.717) is 22.2 Å². The largest absolute Gasteiger partial charge is 0.493 e. The number of carboxylic acid groups (broad SMARTS) is 1. The second-order valence-corrected chi connectivity index (χ2v) is 6.41. The van der Waals surface area contributed by atoms with Crippen LogP contribution in [0.3, 0.4) is 0 Å². The minimum absolute atomic E-state index is 0.119. The lowest BCUT2D eigenvalue weighted by Gasteiger charge is -2.09. The Morgan fingerprint density at radius 2 is 2.15 bits per heavy atom. The SMILES string of the molecule is C#CCOc1ccc(/C=C(\Sc2nc3ccccc3[nH]2)C(=O)O)cc1OC. The molecule has 3 aromatic rings. The fourth-order valence-corrected chi connectivity index (χ4v) is 3.18. The number of nitrogens with one attached hydrogen (secondary N) is 1. The Balaban J connectivity index is 1.89. The molecule has 3 rings (SSSR count). The molecule has 2 N–H and O–H groups in total. The van der Waals surface area contributed by atoms with Crippen LogP contribution in [0, 0.1) is 12.3 Å². The molecule has 0 saturated carbocycles. The summed E-state index contributed by atoms with van der Waals surface area (Å²) < 4.78 is 10.7. The minimum atomic E-state index is -1.05. The van der Waals surface area contributed by atoms with E-state index in [-0.39, 0.29) is 11.5 Å². The van der Waals surface area contributed by atoms with Crippen molar-refractivity contribution in [3.63, 3.8) is 0 Å². The molecule has 0 saturated heterocycles. The number of thioether (sulfide) groups is 1. The van der Waals surface area contributed by atoms with Crippen molar-refractivity contribution in [1.29, 1.82) is 0 Å². The molecule has 1 aromatic heterocycles. The number of para-hydroxylation sites is 2. The third-order valence-electron chi connectivity index (χ3n) is 3.58. The molecule has 0 spiro atoms. The average Bonchev–Trinajstić information content (AvgIpc) is 3.08. The van der Waals surface area contributed by atoms with Crippen LogP contribution in [0.15, 0.2) is 52.5 Å². The number of rotatable bonds is 7. The number of hydrogen-bond acceptors (Lipinski definition) is 5. The Labute approximate surface area is 160 Å². The number of methoxy groups -OCH3 is 1. The van der Waals surface area contributed by atoms with Crippen molar-refractivity contribution >= 4 is 34.8 Å². The Bertz CT molecular complexity index is 1020. The number of terminal acetylenes is 1. The third-order valence-corrected chi connectivity index (χ3v) is 4.48. The molecule has 6 nitrogen and oxygen atoms in total. The third kappa shape index (κ3) is 4.43. The van der Waals surface area contributed by atoms with E-state index in [9.17, 15) is 9.90 Å². The Morgan fingerprint density at radius 3 is 2.85 bits per heavy atom. The molecule has 136 valence electrons. The molecule has 7 heteroatoms. The number of hydrogen-bond donors (Lipinski definition) is 2. The molecule has 27 heavy (non-hydrogen) atoms. The Hall–Kier alpha value is -3.37. The van der Waals surface area contributed by atoms with E-state index >= 15 is 0 Å². The predicted molar refractivity (Wildman–Crippen MR) is 105 cm³/mol. The predicted octanol–water partition coefficient (Wildman–Crippen LogP) is 3.80. The number of aliphatic carboxylic acids is 1. The molecule has 0 amide bonds. The Morgan fingerprint density at radius 1 is 1.33 bits per heavy atom. The second-order valence-electron chi connectivity index (χ2n) is 5.38. The molecule has 0 fully saturated rings. The number of carbonyl (C=O) groups is 1. The van der Waals surface area contributed by atoms with Gasteiger partial charge < -0.3 is 19.6 Å². The van der Waals surface area contributed by atoms with Gasteiger partial charge in [0, 0.05) is 0 Å². The molecule has 0 radical (unpaired) electrons. The van der Waals surface area contributed by atoms with Crippen molar-refractivity contribution in [1.82, 2.24) is 9.97 Å². The van der Waals surface area contributed by atoms with Crippen LogP contribution in [0.4, 0.5) is 0 Å². The quantitative estimate of drug-likeness (QED) is 0.368. The molecule has 0 bridgehead atoms. The van der Waals surface area contributed by atoms with Crippen molar-refractivity contribution in [3.05, 3.63) is 52.9 Å². The first-order valence-electron chi connectivity index (χ1n) is 7.92. The number of ether oxygens (including phenoxy) is 2. The van der Waals surface area contributed by atoms with E-state index in [1.165, 1.54) is 7.11 Å². The normalized spacial score (nSPS) is 11.2. The van der Waals surface area contributed by atoms with Crippen molar-refractivity contribution in [2.75, 3.05) is 13.7 Å². The summed E-state index contributed by atoms with van der Waals surface area (Å²) in [6, 6.07) is 12.6. The van der Waals surface area contributed by atoms with Crippen LogP contribution in [-0.4, -0.2) is 34.8 Å². The fraction of sp³-hybridized carbons (Fsp3) is 0.100. The standard InChI is InChI=1S/C20H16N2O4S/c1-3-10-26-16-9-8-13(11-17(16)25-2)12-18(19(23)24)27-20-21-14-6-4-5-7-15(14)22-20/h1,4-9,11-12H,10H2,2H3,(H,21,22)(H,23,24)/b18-12-. The highest BCUT2D eigenvalue weighted by atomic mass is 32.2. The number of carboxylic acids is 1. The van der Waals surface area contributed by atoms with E-state index in [1.807, 2.05) is 24.3 Å². The maximum absolute atomic E-state index is 11.7. The number of aromatic amines is 1. The van der Waals surface area contributed by atoms with Crippen LogP contribution in [0.1, 0.15) is 5.56 Å². The number of imidazole rings is 1. The minimum Gasteiger partial charge on any atom is -0.493 e.